The van der Waals surface area contributed by atoms with E-state index in [-0.39, 0.29) is 17.9 Å². The van der Waals surface area contributed by atoms with Crippen LogP contribution in [0.1, 0.15) is 25.5 Å². The summed E-state index contributed by atoms with van der Waals surface area (Å²) in [5, 5.41) is 5.22. The Bertz CT molecular complexity index is 1450. The van der Waals surface area contributed by atoms with Crippen LogP contribution in [-0.2, 0) is 25.6 Å². The van der Waals surface area contributed by atoms with Gasteiger partial charge in [0.2, 0.25) is 0 Å². The molecule has 0 amide bonds. The Labute approximate surface area is 195 Å². The summed E-state index contributed by atoms with van der Waals surface area (Å²) in [5.41, 5.74) is 3.41. The maximum Gasteiger partial charge on any atom is 0.356 e. The molecular formula is C27H23FN2O4. The molecule has 1 aliphatic heterocycles. The Hall–Kier alpha value is -4.13. The fourth-order valence-electron chi connectivity index (χ4n) is 4.49. The summed E-state index contributed by atoms with van der Waals surface area (Å²) in [4.78, 5) is 25.7. The van der Waals surface area contributed by atoms with Gasteiger partial charge in [-0.3, -0.25) is 0 Å². The molecule has 1 unspecified atom stereocenters. The zero-order valence-corrected chi connectivity index (χ0v) is 18.8. The number of aromatic nitrogens is 1. The lowest BCUT2D eigenvalue weighted by atomic mass is 10.0. The molecule has 172 valence electrons. The van der Waals surface area contributed by atoms with Crippen LogP contribution in [0.2, 0.25) is 0 Å². The lowest BCUT2D eigenvalue weighted by Crippen LogP contribution is -2.16. The third kappa shape index (κ3) is 3.59. The minimum atomic E-state index is -0.986. The maximum absolute atomic E-state index is 13.4. The first-order valence-corrected chi connectivity index (χ1v) is 11.2. The van der Waals surface area contributed by atoms with Crippen LogP contribution in [0.5, 0.6) is 0 Å². The van der Waals surface area contributed by atoms with Gasteiger partial charge >= 0.3 is 11.9 Å². The largest absolute Gasteiger partial charge is 0.462 e. The second kappa shape index (κ2) is 8.67. The standard InChI is InChI=1S/C27H23FN2O4/c1-3-30-21-8-6-5-7-19(21)20-15-18(13-14-22(20)30)29-24-23(26(31)33-4-2)25(34-27(24)32)16-9-11-17(28)12-10-16/h5-15,25,29H,3-4H2,1-2H3. The Morgan fingerprint density at radius 2 is 1.76 bits per heavy atom. The number of carbonyl (C=O) groups is 2. The molecule has 5 rings (SSSR count). The number of anilines is 1. The topological polar surface area (TPSA) is 69.6 Å². The van der Waals surface area contributed by atoms with Gasteiger partial charge in [0, 0.05) is 34.0 Å². The van der Waals surface area contributed by atoms with Crippen molar-refractivity contribution in [3.05, 3.63) is 89.4 Å². The molecule has 34 heavy (non-hydrogen) atoms. The highest BCUT2D eigenvalue weighted by molar-refractivity contribution is 6.10. The molecule has 0 radical (unpaired) electrons. The van der Waals surface area contributed by atoms with Crippen molar-refractivity contribution in [3.8, 4) is 0 Å². The van der Waals surface area contributed by atoms with E-state index < -0.39 is 23.9 Å². The molecular weight excluding hydrogens is 435 g/mol. The van der Waals surface area contributed by atoms with Gasteiger partial charge in [0.25, 0.3) is 0 Å². The third-order valence-corrected chi connectivity index (χ3v) is 5.99. The molecule has 6 nitrogen and oxygen atoms in total. The van der Waals surface area contributed by atoms with Gasteiger partial charge in [-0.15, -0.1) is 0 Å². The number of benzene rings is 3. The molecule has 1 N–H and O–H groups in total. The smallest absolute Gasteiger partial charge is 0.356 e. The number of aryl methyl sites for hydroxylation is 1. The first kappa shape index (κ1) is 21.7. The first-order valence-electron chi connectivity index (χ1n) is 11.2. The summed E-state index contributed by atoms with van der Waals surface area (Å²) < 4.78 is 26.4. The number of fused-ring (bicyclic) bond motifs is 3. The zero-order chi connectivity index (χ0) is 23.8. The fraction of sp³-hybridized carbons (Fsp3) is 0.185. The molecule has 2 heterocycles. The van der Waals surface area contributed by atoms with Crippen LogP contribution in [0, 0.1) is 5.82 Å². The Morgan fingerprint density at radius 1 is 1.03 bits per heavy atom. The molecule has 0 bridgehead atoms. The number of cyclic esters (lactones) is 1. The van der Waals surface area contributed by atoms with Crippen molar-refractivity contribution < 1.29 is 23.5 Å². The highest BCUT2D eigenvalue weighted by Crippen LogP contribution is 2.37. The highest BCUT2D eigenvalue weighted by atomic mass is 19.1. The number of carbonyl (C=O) groups excluding carboxylic acids is 2. The highest BCUT2D eigenvalue weighted by Gasteiger charge is 2.40. The zero-order valence-electron chi connectivity index (χ0n) is 18.8. The Balaban J connectivity index is 1.60. The Morgan fingerprint density at radius 3 is 2.50 bits per heavy atom. The second-order valence-electron chi connectivity index (χ2n) is 7.96. The molecule has 7 heteroatoms. The number of nitrogens with one attached hydrogen (secondary N) is 1. The molecule has 4 aromatic rings. The Kier molecular flexibility index (Phi) is 5.53. The number of nitrogens with zero attached hydrogens (tertiary/aromatic N) is 1. The van der Waals surface area contributed by atoms with Gasteiger partial charge in [0.15, 0.2) is 6.10 Å². The van der Waals surface area contributed by atoms with E-state index in [0.717, 1.165) is 28.4 Å². The van der Waals surface area contributed by atoms with Gasteiger partial charge in [-0.25, -0.2) is 14.0 Å². The number of hydrogen-bond donors (Lipinski definition) is 1. The maximum atomic E-state index is 13.4. The molecule has 1 atom stereocenters. The van der Waals surface area contributed by atoms with Crippen LogP contribution >= 0.6 is 0 Å². The van der Waals surface area contributed by atoms with E-state index in [1.54, 1.807) is 6.92 Å². The molecule has 3 aromatic carbocycles. The molecule has 0 spiro atoms. The minimum Gasteiger partial charge on any atom is -0.462 e. The first-order chi connectivity index (χ1) is 16.5. The monoisotopic (exact) mass is 458 g/mol. The van der Waals surface area contributed by atoms with E-state index in [0.29, 0.717) is 11.3 Å². The SMILES string of the molecule is CCOC(=O)C1=C(Nc2ccc3c(c2)c2ccccc2n3CC)C(=O)OC1c1ccc(F)cc1. The summed E-state index contributed by atoms with van der Waals surface area (Å²) in [6.07, 6.45) is -0.986. The van der Waals surface area contributed by atoms with Crippen molar-refractivity contribution in [2.75, 3.05) is 11.9 Å². The lowest BCUT2D eigenvalue weighted by molar-refractivity contribution is -0.142. The predicted octanol–water partition coefficient (Wildman–Crippen LogP) is 5.48. The van der Waals surface area contributed by atoms with Crippen molar-refractivity contribution in [2.24, 2.45) is 0 Å². The molecule has 0 saturated carbocycles. The van der Waals surface area contributed by atoms with Crippen LogP contribution < -0.4 is 5.32 Å². The molecule has 1 aromatic heterocycles. The van der Waals surface area contributed by atoms with Gasteiger partial charge in [0.1, 0.15) is 17.1 Å². The van der Waals surface area contributed by atoms with Gasteiger partial charge in [-0.2, -0.15) is 0 Å². The van der Waals surface area contributed by atoms with Crippen LogP contribution in [0.3, 0.4) is 0 Å². The molecule has 0 fully saturated rings. The van der Waals surface area contributed by atoms with Crippen LogP contribution in [-0.4, -0.2) is 23.1 Å². The fourth-order valence-corrected chi connectivity index (χ4v) is 4.49. The number of esters is 2. The van der Waals surface area contributed by atoms with E-state index in [1.807, 2.05) is 30.3 Å². The summed E-state index contributed by atoms with van der Waals surface area (Å²) in [7, 11) is 0. The molecule has 0 aliphatic carbocycles. The van der Waals surface area contributed by atoms with E-state index >= 15 is 0 Å². The van der Waals surface area contributed by atoms with Gasteiger partial charge < -0.3 is 19.4 Å². The predicted molar refractivity (Wildman–Crippen MR) is 128 cm³/mol. The number of halogens is 1. The average molecular weight is 458 g/mol. The summed E-state index contributed by atoms with van der Waals surface area (Å²) in [5.74, 6) is -1.75. The minimum absolute atomic E-state index is 0.0198. The van der Waals surface area contributed by atoms with Gasteiger partial charge in [-0.1, -0.05) is 30.3 Å². The van der Waals surface area contributed by atoms with E-state index in [2.05, 4.69) is 28.9 Å². The van der Waals surface area contributed by atoms with Gasteiger partial charge in [-0.05, 0) is 55.8 Å². The van der Waals surface area contributed by atoms with Crippen molar-refractivity contribution >= 4 is 39.4 Å². The molecule has 0 saturated heterocycles. The van der Waals surface area contributed by atoms with E-state index in [1.165, 1.54) is 24.3 Å². The summed E-state index contributed by atoms with van der Waals surface area (Å²) in [6, 6.07) is 19.4. The van der Waals surface area contributed by atoms with Crippen molar-refractivity contribution in [2.45, 2.75) is 26.5 Å². The summed E-state index contributed by atoms with van der Waals surface area (Å²) in [6.45, 7) is 4.75. The third-order valence-electron chi connectivity index (χ3n) is 5.99. The second-order valence-corrected chi connectivity index (χ2v) is 7.96. The quantitative estimate of drug-likeness (QED) is 0.388. The van der Waals surface area contributed by atoms with Crippen molar-refractivity contribution in [1.29, 1.82) is 0 Å². The number of rotatable bonds is 6. The normalized spacial score (nSPS) is 15.7. The van der Waals surface area contributed by atoms with Crippen molar-refractivity contribution in [1.82, 2.24) is 4.57 Å². The van der Waals surface area contributed by atoms with Crippen molar-refractivity contribution in [3.63, 3.8) is 0 Å². The van der Waals surface area contributed by atoms with Crippen LogP contribution in [0.4, 0.5) is 10.1 Å². The molecule has 1 aliphatic rings. The number of hydrogen-bond acceptors (Lipinski definition) is 5. The average Bonchev–Trinajstić information content (AvgIpc) is 3.34. The lowest BCUT2D eigenvalue weighted by Gasteiger charge is -2.13. The van der Waals surface area contributed by atoms with Gasteiger partial charge in [0.05, 0.1) is 6.61 Å². The number of ether oxygens (including phenoxy) is 2. The van der Waals surface area contributed by atoms with E-state index in [4.69, 9.17) is 9.47 Å². The number of para-hydroxylation sites is 1. The van der Waals surface area contributed by atoms with Crippen LogP contribution in [0.25, 0.3) is 21.8 Å². The van der Waals surface area contributed by atoms with Crippen LogP contribution in [0.15, 0.2) is 78.0 Å². The summed E-state index contributed by atoms with van der Waals surface area (Å²) >= 11 is 0. The van der Waals surface area contributed by atoms with E-state index in [9.17, 15) is 14.0 Å².